The van der Waals surface area contributed by atoms with E-state index in [1.54, 1.807) is 11.3 Å². The number of aromatic nitrogens is 1. The topological polar surface area (TPSA) is 48.1 Å². The van der Waals surface area contributed by atoms with Gasteiger partial charge < -0.3 is 15.2 Å². The molecule has 0 saturated heterocycles. The van der Waals surface area contributed by atoms with Crippen molar-refractivity contribution < 1.29 is 0 Å². The van der Waals surface area contributed by atoms with Crippen molar-refractivity contribution in [1.82, 2.24) is 15.2 Å². The molecule has 0 aliphatic carbocycles. The number of thiophene rings is 1. The van der Waals surface area contributed by atoms with Crippen molar-refractivity contribution in [1.29, 1.82) is 0 Å². The van der Waals surface area contributed by atoms with Crippen LogP contribution in [-0.4, -0.2) is 21.5 Å². The number of fused-ring (bicyclic) bond motifs is 1. The van der Waals surface area contributed by atoms with Gasteiger partial charge in [0.2, 0.25) is 0 Å². The molecule has 0 radical (unpaired) electrons. The number of nitrogens with one attached hydrogen (secondary N) is 2. The van der Waals surface area contributed by atoms with E-state index in [0.717, 1.165) is 29.4 Å². The van der Waals surface area contributed by atoms with E-state index in [1.165, 1.54) is 16.0 Å². The van der Waals surface area contributed by atoms with Crippen LogP contribution in [0, 0.1) is 13.8 Å². The lowest BCUT2D eigenvalue weighted by molar-refractivity contribution is 0.401. The molecule has 0 amide bonds. The van der Waals surface area contributed by atoms with Gasteiger partial charge in [-0.2, -0.15) is 0 Å². The molecule has 0 saturated carbocycles. The first-order valence-electron chi connectivity index (χ1n) is 10.7. The first-order chi connectivity index (χ1) is 15.5. The second kappa shape index (κ2) is 10.1. The Bertz CT molecular complexity index is 1260. The zero-order chi connectivity index (χ0) is 22.5. The van der Waals surface area contributed by atoms with E-state index in [0.29, 0.717) is 23.8 Å². The second-order valence-electron chi connectivity index (χ2n) is 8.00. The molecule has 0 atom stereocenters. The summed E-state index contributed by atoms with van der Waals surface area (Å²) in [7, 11) is 0. The van der Waals surface area contributed by atoms with E-state index in [1.807, 2.05) is 37.3 Å². The molecule has 0 fully saturated rings. The van der Waals surface area contributed by atoms with Gasteiger partial charge in [-0.3, -0.25) is 4.79 Å². The van der Waals surface area contributed by atoms with E-state index in [-0.39, 0.29) is 5.56 Å². The third kappa shape index (κ3) is 5.26. The lowest BCUT2D eigenvalue weighted by Gasteiger charge is -2.25. The zero-order valence-electron chi connectivity index (χ0n) is 18.4. The fraction of sp³-hybridized carbons (Fsp3) is 0.231. The summed E-state index contributed by atoms with van der Waals surface area (Å²) >= 11 is 7.44. The Morgan fingerprint density at radius 2 is 1.88 bits per heavy atom. The van der Waals surface area contributed by atoms with Gasteiger partial charge in [-0.25, -0.2) is 0 Å². The average Bonchev–Trinajstić information content (AvgIpc) is 3.31. The highest BCUT2D eigenvalue weighted by molar-refractivity contribution is 7.80. The van der Waals surface area contributed by atoms with Gasteiger partial charge in [0.25, 0.3) is 5.56 Å². The zero-order valence-corrected chi connectivity index (χ0v) is 20.0. The molecule has 4 rings (SSSR count). The summed E-state index contributed by atoms with van der Waals surface area (Å²) in [6, 6.07) is 20.6. The molecule has 2 heterocycles. The summed E-state index contributed by atoms with van der Waals surface area (Å²) in [6.07, 6.45) is 0.892. The third-order valence-corrected chi connectivity index (χ3v) is 7.00. The molecule has 0 unspecified atom stereocenters. The summed E-state index contributed by atoms with van der Waals surface area (Å²) in [5.74, 6) is 0. The molecule has 2 aromatic heterocycles. The quantitative estimate of drug-likeness (QED) is 0.366. The van der Waals surface area contributed by atoms with Gasteiger partial charge in [0.1, 0.15) is 0 Å². The van der Waals surface area contributed by atoms with Gasteiger partial charge in [-0.15, -0.1) is 11.3 Å². The molecule has 6 heteroatoms. The fourth-order valence-corrected chi connectivity index (χ4v) is 4.70. The minimum absolute atomic E-state index is 0.0607. The van der Waals surface area contributed by atoms with Crippen LogP contribution in [0.5, 0.6) is 0 Å². The van der Waals surface area contributed by atoms with E-state index in [4.69, 9.17) is 12.2 Å². The van der Waals surface area contributed by atoms with Crippen molar-refractivity contribution in [2.24, 2.45) is 0 Å². The molecule has 0 aliphatic heterocycles. The summed E-state index contributed by atoms with van der Waals surface area (Å²) in [4.78, 5) is 19.3. The van der Waals surface area contributed by atoms with Crippen LogP contribution >= 0.6 is 23.6 Å². The van der Waals surface area contributed by atoms with Gasteiger partial charge in [0.15, 0.2) is 5.11 Å². The number of hydrogen-bond donors (Lipinski definition) is 2. The predicted octanol–water partition coefficient (Wildman–Crippen LogP) is 5.33. The molecule has 2 aromatic carbocycles. The normalized spacial score (nSPS) is 10.9. The van der Waals surface area contributed by atoms with Crippen molar-refractivity contribution in [2.75, 3.05) is 6.54 Å². The molecule has 32 heavy (non-hydrogen) atoms. The van der Waals surface area contributed by atoms with Crippen molar-refractivity contribution in [3.05, 3.63) is 104 Å². The van der Waals surface area contributed by atoms with Crippen molar-refractivity contribution in [3.8, 4) is 0 Å². The highest BCUT2D eigenvalue weighted by Gasteiger charge is 2.15. The molecule has 0 bridgehead atoms. The van der Waals surface area contributed by atoms with Gasteiger partial charge in [0, 0.05) is 17.0 Å². The average molecular weight is 462 g/mol. The van der Waals surface area contributed by atoms with Gasteiger partial charge in [0.05, 0.1) is 18.6 Å². The number of nitrogens with zero attached hydrogens (tertiary/aromatic N) is 1. The predicted molar refractivity (Wildman–Crippen MR) is 138 cm³/mol. The Hall–Kier alpha value is -2.96. The van der Waals surface area contributed by atoms with E-state index < -0.39 is 0 Å². The van der Waals surface area contributed by atoms with Crippen molar-refractivity contribution >= 4 is 39.6 Å². The van der Waals surface area contributed by atoms with Crippen LogP contribution in [0.2, 0.25) is 0 Å². The lowest BCUT2D eigenvalue weighted by Crippen LogP contribution is -2.40. The van der Waals surface area contributed by atoms with Crippen LogP contribution in [0.1, 0.15) is 27.1 Å². The van der Waals surface area contributed by atoms with Crippen LogP contribution in [-0.2, 0) is 19.5 Å². The molecule has 4 nitrogen and oxygen atoms in total. The number of aryl methyl sites for hydroxylation is 2. The number of thiocarbonyl (C=S) groups is 1. The summed E-state index contributed by atoms with van der Waals surface area (Å²) in [5, 5.41) is 7.15. The Morgan fingerprint density at radius 3 is 2.62 bits per heavy atom. The first-order valence-corrected chi connectivity index (χ1v) is 12.0. The SMILES string of the molecule is Cc1ccc2cc(CN(Cc3cccs3)C(=S)NCCc3ccccc3)c(=O)[nH]c2c1C. The third-order valence-electron chi connectivity index (χ3n) is 5.74. The number of aromatic amines is 1. The summed E-state index contributed by atoms with van der Waals surface area (Å²) in [6.45, 7) is 5.97. The molecular formula is C26H27N3OS2. The monoisotopic (exact) mass is 461 g/mol. The molecule has 0 spiro atoms. The van der Waals surface area contributed by atoms with Crippen LogP contribution in [0.3, 0.4) is 0 Å². The maximum Gasteiger partial charge on any atom is 0.253 e. The van der Waals surface area contributed by atoms with Crippen LogP contribution < -0.4 is 10.9 Å². The number of rotatable bonds is 7. The largest absolute Gasteiger partial charge is 0.362 e. The van der Waals surface area contributed by atoms with Gasteiger partial charge in [-0.1, -0.05) is 48.5 Å². The highest BCUT2D eigenvalue weighted by Crippen LogP contribution is 2.20. The maximum atomic E-state index is 12.9. The first kappa shape index (κ1) is 22.2. The number of pyridine rings is 1. The Morgan fingerprint density at radius 1 is 1.06 bits per heavy atom. The molecule has 2 N–H and O–H groups in total. The molecule has 4 aromatic rings. The minimum Gasteiger partial charge on any atom is -0.362 e. The maximum absolute atomic E-state index is 12.9. The standard InChI is InChI=1S/C26H27N3OS2/c1-18-10-11-21-15-22(25(30)28-24(21)19(18)2)16-29(17-23-9-6-14-32-23)26(31)27-13-12-20-7-4-3-5-8-20/h3-11,14-15H,12-13,16-17H2,1-2H3,(H,27,31)(H,28,30). The molecule has 0 aliphatic rings. The minimum atomic E-state index is -0.0607. The van der Waals surface area contributed by atoms with Gasteiger partial charge >= 0.3 is 0 Å². The van der Waals surface area contributed by atoms with Gasteiger partial charge in [-0.05, 0) is 72.1 Å². The smallest absolute Gasteiger partial charge is 0.253 e. The second-order valence-corrected chi connectivity index (χ2v) is 9.42. The highest BCUT2D eigenvalue weighted by atomic mass is 32.1. The molecular weight excluding hydrogens is 434 g/mol. The van der Waals surface area contributed by atoms with Crippen LogP contribution in [0.25, 0.3) is 10.9 Å². The van der Waals surface area contributed by atoms with E-state index in [2.05, 4.69) is 57.8 Å². The van der Waals surface area contributed by atoms with Crippen LogP contribution in [0.15, 0.2) is 70.8 Å². The van der Waals surface area contributed by atoms with Crippen LogP contribution in [0.4, 0.5) is 0 Å². The van der Waals surface area contributed by atoms with Crippen molar-refractivity contribution in [3.63, 3.8) is 0 Å². The Labute approximate surface area is 197 Å². The lowest BCUT2D eigenvalue weighted by atomic mass is 10.0. The number of benzene rings is 2. The molecule has 164 valence electrons. The summed E-state index contributed by atoms with van der Waals surface area (Å²) < 4.78 is 0. The van der Waals surface area contributed by atoms with E-state index in [9.17, 15) is 4.79 Å². The van der Waals surface area contributed by atoms with Crippen molar-refractivity contribution in [2.45, 2.75) is 33.4 Å². The Kier molecular flexibility index (Phi) is 7.02. The number of hydrogen-bond acceptors (Lipinski definition) is 3. The number of H-pyrrole nitrogens is 1. The van der Waals surface area contributed by atoms with E-state index >= 15 is 0 Å². The Balaban J connectivity index is 1.54. The fourth-order valence-electron chi connectivity index (χ4n) is 3.75. The summed E-state index contributed by atoms with van der Waals surface area (Å²) in [5.41, 5.74) is 5.11.